The Labute approximate surface area is 165 Å². The summed E-state index contributed by atoms with van der Waals surface area (Å²) in [6, 6.07) is 20.0. The highest BCUT2D eigenvalue weighted by atomic mass is 14.9. The van der Waals surface area contributed by atoms with E-state index in [0.717, 1.165) is 0 Å². The van der Waals surface area contributed by atoms with E-state index in [1.54, 1.807) is 0 Å². The first-order chi connectivity index (χ1) is 12.6. The molecule has 2 atom stereocenters. The topological polar surface area (TPSA) is 12.0 Å². The van der Waals surface area contributed by atoms with Gasteiger partial charge >= 0.3 is 0 Å². The third-order valence-corrected chi connectivity index (χ3v) is 5.36. The minimum atomic E-state index is 0.156. The zero-order valence-electron chi connectivity index (χ0n) is 17.6. The molecule has 2 aromatic carbocycles. The summed E-state index contributed by atoms with van der Waals surface area (Å²) in [5, 5.41) is 3.75. The van der Waals surface area contributed by atoms with Gasteiger partial charge in [-0.3, -0.25) is 0 Å². The molecule has 0 spiro atoms. The zero-order valence-corrected chi connectivity index (χ0v) is 17.6. The van der Waals surface area contributed by atoms with Gasteiger partial charge < -0.3 is 5.32 Å². The molecule has 0 amide bonds. The zero-order chi connectivity index (χ0) is 19.7. The second-order valence-electron chi connectivity index (χ2n) is 9.67. The van der Waals surface area contributed by atoms with E-state index < -0.39 is 0 Å². The monoisotopic (exact) mass is 359 g/mol. The number of anilines is 1. The van der Waals surface area contributed by atoms with E-state index in [4.69, 9.17) is 0 Å². The van der Waals surface area contributed by atoms with Crippen LogP contribution < -0.4 is 5.32 Å². The van der Waals surface area contributed by atoms with Gasteiger partial charge in [-0.1, -0.05) is 102 Å². The van der Waals surface area contributed by atoms with Crippen molar-refractivity contribution in [3.8, 4) is 0 Å². The molecular weight excluding hydrogens is 326 g/mol. The summed E-state index contributed by atoms with van der Waals surface area (Å²) in [5.41, 5.74) is 5.63. The lowest BCUT2D eigenvalue weighted by Gasteiger charge is -2.32. The van der Waals surface area contributed by atoms with Crippen molar-refractivity contribution in [3.05, 3.63) is 89.5 Å². The van der Waals surface area contributed by atoms with Gasteiger partial charge in [0.15, 0.2) is 0 Å². The fourth-order valence-electron chi connectivity index (χ4n) is 3.56. The fourth-order valence-corrected chi connectivity index (χ4v) is 3.56. The molecule has 0 saturated heterocycles. The van der Waals surface area contributed by atoms with E-state index in [0.29, 0.717) is 5.92 Å². The molecule has 0 fully saturated rings. The van der Waals surface area contributed by atoms with Crippen LogP contribution in [0, 0.1) is 5.41 Å². The highest BCUT2D eigenvalue weighted by Gasteiger charge is 2.26. The number of nitrogens with one attached hydrogen (secondary N) is 1. The Morgan fingerprint density at radius 3 is 1.93 bits per heavy atom. The van der Waals surface area contributed by atoms with Crippen molar-refractivity contribution >= 4 is 5.69 Å². The van der Waals surface area contributed by atoms with Gasteiger partial charge in [0, 0.05) is 11.6 Å². The summed E-state index contributed by atoms with van der Waals surface area (Å²) in [6.45, 7) is 13.6. The molecule has 2 unspecified atom stereocenters. The van der Waals surface area contributed by atoms with Crippen molar-refractivity contribution in [1.29, 1.82) is 0 Å². The third-order valence-electron chi connectivity index (χ3n) is 5.36. The van der Waals surface area contributed by atoms with Crippen molar-refractivity contribution in [1.82, 2.24) is 0 Å². The molecule has 1 aliphatic carbocycles. The summed E-state index contributed by atoms with van der Waals surface area (Å²) in [4.78, 5) is 0. The maximum absolute atomic E-state index is 3.75. The molecule has 3 rings (SSSR count). The SMILES string of the molecule is CC(C)(C)C1=CC(c2ccccc2)C(Nc2ccc(C(C)(C)C)cc2)C=C1. The summed E-state index contributed by atoms with van der Waals surface area (Å²) in [7, 11) is 0. The number of rotatable bonds is 3. The van der Waals surface area contributed by atoms with Gasteiger partial charge in [-0.05, 0) is 39.7 Å². The van der Waals surface area contributed by atoms with Crippen molar-refractivity contribution < 1.29 is 0 Å². The van der Waals surface area contributed by atoms with Crippen molar-refractivity contribution in [2.75, 3.05) is 5.32 Å². The maximum atomic E-state index is 3.75. The number of allylic oxidation sites excluding steroid dienone is 2. The predicted molar refractivity (Wildman–Crippen MR) is 118 cm³/mol. The Morgan fingerprint density at radius 2 is 1.37 bits per heavy atom. The minimum Gasteiger partial charge on any atom is -0.378 e. The van der Waals surface area contributed by atoms with Crippen LogP contribution in [0.2, 0.25) is 0 Å². The Hall–Kier alpha value is -2.28. The molecule has 0 heterocycles. The average molecular weight is 360 g/mol. The molecule has 1 heteroatoms. The van der Waals surface area contributed by atoms with Crippen molar-refractivity contribution in [2.45, 2.75) is 58.9 Å². The van der Waals surface area contributed by atoms with Crippen LogP contribution in [0.4, 0.5) is 5.69 Å². The summed E-state index contributed by atoms with van der Waals surface area (Å²) in [5.74, 6) is 0.327. The van der Waals surface area contributed by atoms with Crippen LogP contribution in [0.5, 0.6) is 0 Å². The first-order valence-electron chi connectivity index (χ1n) is 9.97. The van der Waals surface area contributed by atoms with E-state index in [-0.39, 0.29) is 16.9 Å². The minimum absolute atomic E-state index is 0.156. The van der Waals surface area contributed by atoms with Gasteiger partial charge in [0.05, 0.1) is 6.04 Å². The largest absolute Gasteiger partial charge is 0.378 e. The molecule has 2 aromatic rings. The Kier molecular flexibility index (Phi) is 5.33. The molecule has 1 N–H and O–H groups in total. The quantitative estimate of drug-likeness (QED) is 0.617. The predicted octanol–water partition coefficient (Wildman–Crippen LogP) is 7.09. The van der Waals surface area contributed by atoms with Gasteiger partial charge in [-0.25, -0.2) is 0 Å². The van der Waals surface area contributed by atoms with E-state index in [1.807, 2.05) is 0 Å². The van der Waals surface area contributed by atoms with E-state index in [2.05, 4.69) is 120 Å². The normalized spacial score (nSPS) is 20.3. The summed E-state index contributed by atoms with van der Waals surface area (Å²) >= 11 is 0. The molecule has 0 radical (unpaired) electrons. The second kappa shape index (κ2) is 7.38. The highest BCUT2D eigenvalue weighted by Crippen LogP contribution is 2.36. The van der Waals surface area contributed by atoms with Gasteiger partial charge in [0.2, 0.25) is 0 Å². The lowest BCUT2D eigenvalue weighted by Crippen LogP contribution is -2.28. The Balaban J connectivity index is 1.87. The Bertz CT molecular complexity index is 811. The molecule has 1 nitrogen and oxygen atoms in total. The molecule has 1 aliphatic rings. The molecule has 0 aromatic heterocycles. The Morgan fingerprint density at radius 1 is 0.741 bits per heavy atom. The van der Waals surface area contributed by atoms with Gasteiger partial charge in [-0.15, -0.1) is 0 Å². The average Bonchev–Trinajstić information content (AvgIpc) is 2.61. The van der Waals surface area contributed by atoms with Crippen LogP contribution in [0.1, 0.15) is 58.6 Å². The number of hydrogen-bond donors (Lipinski definition) is 1. The van der Waals surface area contributed by atoms with Crippen LogP contribution in [0.3, 0.4) is 0 Å². The smallest absolute Gasteiger partial charge is 0.0551 e. The first kappa shape index (κ1) is 19.5. The highest BCUT2D eigenvalue weighted by molar-refractivity contribution is 5.51. The van der Waals surface area contributed by atoms with Gasteiger partial charge in [-0.2, -0.15) is 0 Å². The van der Waals surface area contributed by atoms with Crippen LogP contribution in [-0.4, -0.2) is 6.04 Å². The van der Waals surface area contributed by atoms with Crippen LogP contribution in [-0.2, 0) is 5.41 Å². The van der Waals surface area contributed by atoms with E-state index in [9.17, 15) is 0 Å². The number of benzene rings is 2. The van der Waals surface area contributed by atoms with E-state index >= 15 is 0 Å². The second-order valence-corrected chi connectivity index (χ2v) is 9.67. The molecule has 0 aliphatic heterocycles. The fraction of sp³-hybridized carbons (Fsp3) is 0.385. The lowest BCUT2D eigenvalue weighted by molar-refractivity contribution is 0.507. The van der Waals surface area contributed by atoms with Crippen LogP contribution in [0.15, 0.2) is 78.4 Å². The first-order valence-corrected chi connectivity index (χ1v) is 9.97. The van der Waals surface area contributed by atoms with Crippen molar-refractivity contribution in [3.63, 3.8) is 0 Å². The lowest BCUT2D eigenvalue weighted by atomic mass is 9.77. The molecule has 0 saturated carbocycles. The third kappa shape index (κ3) is 4.71. The van der Waals surface area contributed by atoms with Crippen LogP contribution >= 0.6 is 0 Å². The van der Waals surface area contributed by atoms with Crippen LogP contribution in [0.25, 0.3) is 0 Å². The van der Waals surface area contributed by atoms with Gasteiger partial charge in [0.25, 0.3) is 0 Å². The maximum Gasteiger partial charge on any atom is 0.0551 e. The van der Waals surface area contributed by atoms with Crippen molar-refractivity contribution in [2.24, 2.45) is 5.41 Å². The molecular formula is C26H33N. The molecule has 142 valence electrons. The summed E-state index contributed by atoms with van der Waals surface area (Å²) in [6.07, 6.45) is 7.06. The van der Waals surface area contributed by atoms with Gasteiger partial charge in [0.1, 0.15) is 0 Å². The summed E-state index contributed by atoms with van der Waals surface area (Å²) < 4.78 is 0. The molecule has 0 bridgehead atoms. The number of hydrogen-bond acceptors (Lipinski definition) is 1. The standard InChI is InChI=1S/C26H33N/c1-25(2,3)20-12-15-22(16-13-20)27-24-17-14-21(26(4,5)6)18-23(24)19-10-8-7-9-11-19/h7-18,23-24,27H,1-6H3. The molecule has 27 heavy (non-hydrogen) atoms. The van der Waals surface area contributed by atoms with E-state index in [1.165, 1.54) is 22.4 Å².